The molecule has 0 atom stereocenters. The van der Waals surface area contributed by atoms with Gasteiger partial charge in [0.1, 0.15) is 16.4 Å². The van der Waals surface area contributed by atoms with Crippen molar-refractivity contribution < 1.29 is 0 Å². The molecular formula is C18H19ClN4O2S. The van der Waals surface area contributed by atoms with Gasteiger partial charge in [0.05, 0.1) is 5.69 Å². The van der Waals surface area contributed by atoms with E-state index in [1.807, 2.05) is 32.0 Å². The van der Waals surface area contributed by atoms with Crippen molar-refractivity contribution in [1.82, 2.24) is 14.1 Å². The average molecular weight is 391 g/mol. The summed E-state index contributed by atoms with van der Waals surface area (Å²) >= 11 is 7.43. The number of rotatable bonds is 4. The van der Waals surface area contributed by atoms with Crippen molar-refractivity contribution in [2.24, 2.45) is 13.0 Å². The van der Waals surface area contributed by atoms with Gasteiger partial charge in [0, 0.05) is 29.6 Å². The molecule has 0 fully saturated rings. The van der Waals surface area contributed by atoms with E-state index in [2.05, 4.69) is 4.98 Å². The summed E-state index contributed by atoms with van der Waals surface area (Å²) < 4.78 is 2.51. The van der Waals surface area contributed by atoms with E-state index in [-0.39, 0.29) is 17.3 Å². The fourth-order valence-electron chi connectivity index (χ4n) is 2.71. The molecule has 0 bridgehead atoms. The zero-order valence-electron chi connectivity index (χ0n) is 14.7. The van der Waals surface area contributed by atoms with E-state index in [0.29, 0.717) is 17.3 Å². The van der Waals surface area contributed by atoms with Crippen LogP contribution in [0.1, 0.15) is 13.8 Å². The Morgan fingerprint density at radius 2 is 2.04 bits per heavy atom. The van der Waals surface area contributed by atoms with Gasteiger partial charge in [-0.2, -0.15) is 0 Å². The molecule has 0 saturated carbocycles. The SMILES string of the molecule is CC(C)Cn1c(N)c(-c2csc(-c3cccc(Cl)c3)n2)c(=O)n(C)c1=O. The number of halogens is 1. The summed E-state index contributed by atoms with van der Waals surface area (Å²) in [7, 11) is 1.45. The van der Waals surface area contributed by atoms with Gasteiger partial charge in [0.15, 0.2) is 0 Å². The molecule has 3 aromatic rings. The fourth-order valence-corrected chi connectivity index (χ4v) is 3.71. The highest BCUT2D eigenvalue weighted by Gasteiger charge is 2.20. The van der Waals surface area contributed by atoms with Crippen molar-refractivity contribution in [3.63, 3.8) is 0 Å². The number of benzene rings is 1. The fraction of sp³-hybridized carbons (Fsp3) is 0.278. The molecule has 1 aromatic carbocycles. The van der Waals surface area contributed by atoms with Crippen molar-refractivity contribution in [3.05, 3.63) is 55.5 Å². The predicted octanol–water partition coefficient (Wildman–Crippen LogP) is 3.23. The molecule has 8 heteroatoms. The lowest BCUT2D eigenvalue weighted by Gasteiger charge is -2.15. The van der Waals surface area contributed by atoms with Gasteiger partial charge in [-0.05, 0) is 18.1 Å². The second kappa shape index (κ2) is 7.09. The molecule has 0 spiro atoms. The lowest BCUT2D eigenvalue weighted by molar-refractivity contribution is 0.494. The first-order valence-corrected chi connectivity index (χ1v) is 9.36. The molecule has 0 radical (unpaired) electrons. The number of aromatic nitrogens is 3. The Morgan fingerprint density at radius 3 is 2.69 bits per heavy atom. The van der Waals surface area contributed by atoms with Crippen LogP contribution >= 0.6 is 22.9 Å². The second-order valence-corrected chi connectivity index (χ2v) is 7.75. The molecule has 0 aliphatic carbocycles. The van der Waals surface area contributed by atoms with E-state index in [1.54, 1.807) is 11.4 Å². The van der Waals surface area contributed by atoms with E-state index >= 15 is 0 Å². The summed E-state index contributed by atoms with van der Waals surface area (Å²) in [5.41, 5.74) is 6.90. The first-order chi connectivity index (χ1) is 12.3. The number of thiazole rings is 1. The summed E-state index contributed by atoms with van der Waals surface area (Å²) in [6.07, 6.45) is 0. The van der Waals surface area contributed by atoms with Gasteiger partial charge in [0.25, 0.3) is 5.56 Å². The van der Waals surface area contributed by atoms with Crippen LogP contribution < -0.4 is 17.0 Å². The van der Waals surface area contributed by atoms with Crippen LogP contribution in [0.15, 0.2) is 39.2 Å². The van der Waals surface area contributed by atoms with Crippen LogP contribution in [0.2, 0.25) is 5.02 Å². The highest BCUT2D eigenvalue weighted by Crippen LogP contribution is 2.30. The molecule has 0 aliphatic rings. The molecule has 0 amide bonds. The third-order valence-electron chi connectivity index (χ3n) is 3.96. The van der Waals surface area contributed by atoms with E-state index in [1.165, 1.54) is 23.0 Å². The first kappa shape index (κ1) is 18.4. The lowest BCUT2D eigenvalue weighted by Crippen LogP contribution is -2.41. The van der Waals surface area contributed by atoms with Crippen molar-refractivity contribution in [2.75, 3.05) is 5.73 Å². The summed E-state index contributed by atoms with van der Waals surface area (Å²) in [6, 6.07) is 7.34. The Morgan fingerprint density at radius 1 is 1.31 bits per heavy atom. The average Bonchev–Trinajstić information content (AvgIpc) is 3.06. The Hall–Kier alpha value is -2.38. The van der Waals surface area contributed by atoms with Crippen LogP contribution in [0.5, 0.6) is 0 Å². The Kier molecular flexibility index (Phi) is 5.02. The van der Waals surface area contributed by atoms with Crippen LogP contribution in [0.4, 0.5) is 5.82 Å². The maximum Gasteiger partial charge on any atom is 0.332 e. The van der Waals surface area contributed by atoms with Crippen molar-refractivity contribution in [1.29, 1.82) is 0 Å². The summed E-state index contributed by atoms with van der Waals surface area (Å²) in [5.74, 6) is 0.354. The van der Waals surface area contributed by atoms with Gasteiger partial charge in [-0.1, -0.05) is 37.6 Å². The molecule has 2 aromatic heterocycles. The van der Waals surface area contributed by atoms with Crippen molar-refractivity contribution >= 4 is 28.8 Å². The highest BCUT2D eigenvalue weighted by atomic mass is 35.5. The number of hydrogen-bond acceptors (Lipinski definition) is 5. The zero-order chi connectivity index (χ0) is 19.0. The molecule has 6 nitrogen and oxygen atoms in total. The predicted molar refractivity (Wildman–Crippen MR) is 107 cm³/mol. The summed E-state index contributed by atoms with van der Waals surface area (Å²) in [5, 5.41) is 3.11. The maximum atomic E-state index is 12.7. The first-order valence-electron chi connectivity index (χ1n) is 8.10. The molecule has 0 aliphatic heterocycles. The third kappa shape index (κ3) is 3.32. The Bertz CT molecular complexity index is 1080. The number of nitrogens with zero attached hydrogens (tertiary/aromatic N) is 3. The zero-order valence-corrected chi connectivity index (χ0v) is 16.3. The number of nitrogen functional groups attached to an aromatic ring is 1. The van der Waals surface area contributed by atoms with Gasteiger partial charge >= 0.3 is 5.69 Å². The van der Waals surface area contributed by atoms with Gasteiger partial charge in [-0.25, -0.2) is 9.78 Å². The quantitative estimate of drug-likeness (QED) is 0.741. The summed E-state index contributed by atoms with van der Waals surface area (Å²) in [4.78, 5) is 29.6. The Labute approximate surface area is 159 Å². The van der Waals surface area contributed by atoms with E-state index in [4.69, 9.17) is 17.3 Å². The number of nitrogens with two attached hydrogens (primary N) is 1. The minimum Gasteiger partial charge on any atom is -0.384 e. The van der Waals surface area contributed by atoms with E-state index < -0.39 is 11.2 Å². The summed E-state index contributed by atoms with van der Waals surface area (Å²) in [6.45, 7) is 4.39. The lowest BCUT2D eigenvalue weighted by atomic mass is 10.2. The molecule has 0 unspecified atom stereocenters. The minimum absolute atomic E-state index is 0.148. The maximum absolute atomic E-state index is 12.7. The minimum atomic E-state index is -0.449. The van der Waals surface area contributed by atoms with Crippen LogP contribution in [0.25, 0.3) is 21.8 Å². The number of hydrogen-bond donors (Lipinski definition) is 1. The molecule has 136 valence electrons. The highest BCUT2D eigenvalue weighted by molar-refractivity contribution is 7.13. The Balaban J connectivity index is 2.17. The molecule has 0 saturated heterocycles. The van der Waals surface area contributed by atoms with E-state index in [0.717, 1.165) is 15.1 Å². The topological polar surface area (TPSA) is 82.9 Å². The van der Waals surface area contributed by atoms with Gasteiger partial charge in [-0.15, -0.1) is 11.3 Å². The largest absolute Gasteiger partial charge is 0.384 e. The molecule has 2 N–H and O–H groups in total. The molecular weight excluding hydrogens is 372 g/mol. The smallest absolute Gasteiger partial charge is 0.332 e. The molecule has 3 rings (SSSR count). The van der Waals surface area contributed by atoms with Crippen LogP contribution in [-0.4, -0.2) is 14.1 Å². The van der Waals surface area contributed by atoms with Gasteiger partial charge in [0.2, 0.25) is 0 Å². The van der Waals surface area contributed by atoms with Crippen LogP contribution in [-0.2, 0) is 13.6 Å². The van der Waals surface area contributed by atoms with Crippen molar-refractivity contribution in [3.8, 4) is 21.8 Å². The normalized spacial score (nSPS) is 11.3. The third-order valence-corrected chi connectivity index (χ3v) is 5.09. The van der Waals surface area contributed by atoms with E-state index in [9.17, 15) is 9.59 Å². The second-order valence-electron chi connectivity index (χ2n) is 6.46. The number of anilines is 1. The van der Waals surface area contributed by atoms with Crippen LogP contribution in [0, 0.1) is 5.92 Å². The van der Waals surface area contributed by atoms with Crippen LogP contribution in [0.3, 0.4) is 0 Å². The molecule has 2 heterocycles. The van der Waals surface area contributed by atoms with Gasteiger partial charge < -0.3 is 5.73 Å². The van der Waals surface area contributed by atoms with Gasteiger partial charge in [-0.3, -0.25) is 13.9 Å². The molecule has 26 heavy (non-hydrogen) atoms. The monoisotopic (exact) mass is 390 g/mol. The van der Waals surface area contributed by atoms with Crippen molar-refractivity contribution in [2.45, 2.75) is 20.4 Å². The standard InChI is InChI=1S/C18H19ClN4O2S/c1-10(2)8-23-15(20)14(17(24)22(3)18(23)25)13-9-26-16(21-13)11-5-4-6-12(19)7-11/h4-7,9-10H,8,20H2,1-3H3.